The first kappa shape index (κ1) is 20.3. The number of likely N-dealkylation sites (tertiary alicyclic amines) is 1. The second-order valence-corrected chi connectivity index (χ2v) is 10.2. The van der Waals surface area contributed by atoms with Crippen molar-refractivity contribution in [2.24, 2.45) is 5.92 Å². The summed E-state index contributed by atoms with van der Waals surface area (Å²) in [5.74, 6) is -0.173. The molecule has 0 saturated carbocycles. The van der Waals surface area contributed by atoms with Gasteiger partial charge in [0.2, 0.25) is 21.8 Å². The normalized spacial score (nSPS) is 23.1. The summed E-state index contributed by atoms with van der Waals surface area (Å²) in [7, 11) is -3.66. The molecule has 8 heteroatoms. The average Bonchev–Trinajstić information content (AvgIpc) is 3.27. The minimum Gasteiger partial charge on any atom is -0.342 e. The van der Waals surface area contributed by atoms with Gasteiger partial charge in [-0.2, -0.15) is 4.31 Å². The Balaban J connectivity index is 1.55. The van der Waals surface area contributed by atoms with Crippen molar-refractivity contribution in [1.29, 1.82) is 0 Å². The molecule has 2 amide bonds. The number of carbonyl (C=O) groups excluding carboxylic acids is 2. The standard InChI is InChI=1S/C21H29N3O4S/c1-16(25)24-13-5-6-17-14-19(8-9-20(17)24)29(27,28)23-12-4-7-18(15-23)21(26)22-10-2-3-11-22/h8-9,14,18H,2-7,10-13,15H2,1H3/t18-/m0/s1. The highest BCUT2D eigenvalue weighted by Gasteiger charge is 2.36. The van der Waals surface area contributed by atoms with Gasteiger partial charge in [-0.15, -0.1) is 0 Å². The maximum Gasteiger partial charge on any atom is 0.243 e. The van der Waals surface area contributed by atoms with E-state index in [1.54, 1.807) is 23.1 Å². The van der Waals surface area contributed by atoms with Crippen LogP contribution in [0.4, 0.5) is 5.69 Å². The molecule has 2 saturated heterocycles. The molecule has 29 heavy (non-hydrogen) atoms. The van der Waals surface area contributed by atoms with E-state index in [9.17, 15) is 18.0 Å². The number of hydrogen-bond donors (Lipinski definition) is 0. The van der Waals surface area contributed by atoms with E-state index < -0.39 is 10.0 Å². The third-order valence-electron chi connectivity index (χ3n) is 6.34. The molecule has 0 bridgehead atoms. The molecule has 4 rings (SSSR count). The van der Waals surface area contributed by atoms with E-state index in [4.69, 9.17) is 0 Å². The van der Waals surface area contributed by atoms with Gasteiger partial charge < -0.3 is 9.80 Å². The molecular formula is C21H29N3O4S. The van der Waals surface area contributed by atoms with Crippen molar-refractivity contribution in [2.45, 2.75) is 50.3 Å². The van der Waals surface area contributed by atoms with E-state index >= 15 is 0 Å². The van der Waals surface area contributed by atoms with Crippen molar-refractivity contribution in [2.75, 3.05) is 37.6 Å². The molecular weight excluding hydrogens is 390 g/mol. The van der Waals surface area contributed by atoms with E-state index in [0.29, 0.717) is 19.5 Å². The lowest BCUT2D eigenvalue weighted by Gasteiger charge is -2.34. The van der Waals surface area contributed by atoms with Crippen LogP contribution in [-0.2, 0) is 26.0 Å². The van der Waals surface area contributed by atoms with Gasteiger partial charge in [-0.05, 0) is 62.3 Å². The van der Waals surface area contributed by atoms with Crippen LogP contribution < -0.4 is 4.90 Å². The van der Waals surface area contributed by atoms with Crippen molar-refractivity contribution in [3.8, 4) is 0 Å². The van der Waals surface area contributed by atoms with E-state index in [0.717, 1.165) is 56.4 Å². The predicted octanol–water partition coefficient (Wildman–Crippen LogP) is 2.01. The summed E-state index contributed by atoms with van der Waals surface area (Å²) < 4.78 is 28.1. The molecule has 0 radical (unpaired) electrons. The molecule has 158 valence electrons. The van der Waals surface area contributed by atoms with Crippen LogP contribution in [0.5, 0.6) is 0 Å². The van der Waals surface area contributed by atoms with Crippen molar-refractivity contribution >= 4 is 27.5 Å². The third-order valence-corrected chi connectivity index (χ3v) is 8.20. The summed E-state index contributed by atoms with van der Waals surface area (Å²) in [6.45, 7) is 4.49. The Morgan fingerprint density at radius 1 is 1.00 bits per heavy atom. The number of fused-ring (bicyclic) bond motifs is 1. The van der Waals surface area contributed by atoms with Gasteiger partial charge in [0.25, 0.3) is 0 Å². The maximum absolute atomic E-state index is 13.3. The summed E-state index contributed by atoms with van der Waals surface area (Å²) in [5, 5.41) is 0. The summed E-state index contributed by atoms with van der Waals surface area (Å²) in [5.41, 5.74) is 1.71. The highest BCUT2D eigenvalue weighted by atomic mass is 32.2. The first-order valence-electron chi connectivity index (χ1n) is 10.6. The Kier molecular flexibility index (Phi) is 5.66. The van der Waals surface area contributed by atoms with Crippen molar-refractivity contribution < 1.29 is 18.0 Å². The lowest BCUT2D eigenvalue weighted by Crippen LogP contribution is -2.46. The molecule has 0 spiro atoms. The molecule has 0 aromatic heterocycles. The summed E-state index contributed by atoms with van der Waals surface area (Å²) in [6.07, 6.45) is 5.11. The van der Waals surface area contributed by atoms with Gasteiger partial charge in [-0.1, -0.05) is 0 Å². The number of aryl methyl sites for hydroxylation is 1. The average molecular weight is 420 g/mol. The van der Waals surface area contributed by atoms with Gasteiger partial charge in [0.05, 0.1) is 10.8 Å². The highest BCUT2D eigenvalue weighted by molar-refractivity contribution is 7.89. The van der Waals surface area contributed by atoms with Crippen molar-refractivity contribution in [1.82, 2.24) is 9.21 Å². The number of sulfonamides is 1. The number of piperidine rings is 1. The number of anilines is 1. The lowest BCUT2D eigenvalue weighted by atomic mass is 9.98. The number of benzene rings is 1. The predicted molar refractivity (Wildman–Crippen MR) is 110 cm³/mol. The van der Waals surface area contributed by atoms with Crippen LogP contribution >= 0.6 is 0 Å². The molecule has 1 atom stereocenters. The van der Waals surface area contributed by atoms with E-state index in [1.165, 1.54) is 11.2 Å². The zero-order valence-corrected chi connectivity index (χ0v) is 17.8. The Hall–Kier alpha value is -1.93. The van der Waals surface area contributed by atoms with E-state index in [2.05, 4.69) is 0 Å². The zero-order valence-electron chi connectivity index (χ0n) is 17.0. The zero-order chi connectivity index (χ0) is 20.6. The Bertz CT molecular complexity index is 909. The lowest BCUT2D eigenvalue weighted by molar-refractivity contribution is -0.135. The second-order valence-electron chi connectivity index (χ2n) is 8.30. The number of amides is 2. The first-order valence-corrected chi connectivity index (χ1v) is 12.0. The fourth-order valence-corrected chi connectivity index (χ4v) is 6.34. The van der Waals surface area contributed by atoms with Gasteiger partial charge in [0.15, 0.2) is 0 Å². The van der Waals surface area contributed by atoms with Crippen molar-refractivity contribution in [3.05, 3.63) is 23.8 Å². The van der Waals surface area contributed by atoms with Crippen LogP contribution in [0, 0.1) is 5.92 Å². The van der Waals surface area contributed by atoms with Crippen molar-refractivity contribution in [3.63, 3.8) is 0 Å². The van der Waals surface area contributed by atoms with Gasteiger partial charge in [0.1, 0.15) is 0 Å². The van der Waals surface area contributed by atoms with Crippen LogP contribution in [0.25, 0.3) is 0 Å². The molecule has 1 aromatic carbocycles. The monoisotopic (exact) mass is 419 g/mol. The fraction of sp³-hybridized carbons (Fsp3) is 0.619. The van der Waals surface area contributed by atoms with Crippen LogP contribution in [0.3, 0.4) is 0 Å². The number of nitrogens with zero attached hydrogens (tertiary/aromatic N) is 3. The molecule has 3 aliphatic heterocycles. The maximum atomic E-state index is 13.3. The van der Waals surface area contributed by atoms with Crippen LogP contribution in [0.15, 0.2) is 23.1 Å². The molecule has 3 aliphatic rings. The minimum atomic E-state index is -3.66. The highest BCUT2D eigenvalue weighted by Crippen LogP contribution is 2.32. The summed E-state index contributed by atoms with van der Waals surface area (Å²) in [6, 6.07) is 5.06. The second kappa shape index (κ2) is 8.07. The quantitative estimate of drug-likeness (QED) is 0.751. The smallest absolute Gasteiger partial charge is 0.243 e. The number of hydrogen-bond acceptors (Lipinski definition) is 4. The molecule has 3 heterocycles. The number of rotatable bonds is 3. The third kappa shape index (κ3) is 3.92. The molecule has 0 unspecified atom stereocenters. The van der Waals surface area contributed by atoms with Crippen LogP contribution in [-0.4, -0.2) is 62.2 Å². The summed E-state index contributed by atoms with van der Waals surface area (Å²) >= 11 is 0. The largest absolute Gasteiger partial charge is 0.342 e. The topological polar surface area (TPSA) is 78.0 Å². The minimum absolute atomic E-state index is 0.0270. The molecule has 2 fully saturated rings. The van der Waals surface area contributed by atoms with Crippen LogP contribution in [0.2, 0.25) is 0 Å². The van der Waals surface area contributed by atoms with E-state index in [-0.39, 0.29) is 29.2 Å². The Labute approximate surface area is 172 Å². The van der Waals surface area contributed by atoms with E-state index in [1.807, 2.05) is 4.90 Å². The molecule has 0 N–H and O–H groups in total. The SMILES string of the molecule is CC(=O)N1CCCc2cc(S(=O)(=O)N3CCC[C@H](C(=O)N4CCCC4)C3)ccc21. The number of carbonyl (C=O) groups is 2. The molecule has 1 aromatic rings. The molecule has 0 aliphatic carbocycles. The van der Waals surface area contributed by atoms with Gasteiger partial charge in [-0.25, -0.2) is 8.42 Å². The van der Waals surface area contributed by atoms with Gasteiger partial charge in [0, 0.05) is 45.3 Å². The first-order chi connectivity index (χ1) is 13.9. The fourth-order valence-electron chi connectivity index (χ4n) is 4.77. The molecule has 7 nitrogen and oxygen atoms in total. The Morgan fingerprint density at radius 3 is 2.48 bits per heavy atom. The van der Waals surface area contributed by atoms with Crippen LogP contribution in [0.1, 0.15) is 44.6 Å². The van der Waals surface area contributed by atoms with Gasteiger partial charge in [-0.3, -0.25) is 9.59 Å². The van der Waals surface area contributed by atoms with Gasteiger partial charge >= 0.3 is 0 Å². The Morgan fingerprint density at radius 2 is 1.76 bits per heavy atom. The summed E-state index contributed by atoms with van der Waals surface area (Å²) in [4.78, 5) is 28.5.